The Bertz CT molecular complexity index is 1000. The molecule has 30 heavy (non-hydrogen) atoms. The quantitative estimate of drug-likeness (QED) is 0.628. The number of anilines is 1. The minimum atomic E-state index is -3.46. The van der Waals surface area contributed by atoms with Gasteiger partial charge in [0.15, 0.2) is 0 Å². The summed E-state index contributed by atoms with van der Waals surface area (Å²) in [6.45, 7) is 4.48. The number of rotatable bonds is 8. The second-order valence-corrected chi connectivity index (χ2v) is 9.06. The Hall–Kier alpha value is -2.55. The van der Waals surface area contributed by atoms with Gasteiger partial charge in [0.2, 0.25) is 15.9 Å². The summed E-state index contributed by atoms with van der Waals surface area (Å²) in [7, 11) is -3.46. The van der Waals surface area contributed by atoms with E-state index in [1.165, 1.54) is 18.2 Å². The summed E-state index contributed by atoms with van der Waals surface area (Å²) in [5.74, 6) is -0.786. The van der Waals surface area contributed by atoms with E-state index < -0.39 is 15.4 Å². The molecule has 1 heterocycles. The lowest BCUT2D eigenvalue weighted by molar-refractivity contribution is -0.125. The molecule has 1 fully saturated rings. The van der Waals surface area contributed by atoms with Crippen molar-refractivity contribution in [1.82, 2.24) is 4.72 Å². The Morgan fingerprint density at radius 2 is 1.87 bits per heavy atom. The number of hydrogen-bond donors (Lipinski definition) is 2. The number of nitrogens with one attached hydrogen (secondary N) is 2. The molecule has 6 nitrogen and oxygen atoms in total. The maximum Gasteiger partial charge on any atom is 0.235 e. The summed E-state index contributed by atoms with van der Waals surface area (Å²) in [4.78, 5) is 13.2. The number of hydrogen-bond acceptors (Lipinski definition) is 4. The highest BCUT2D eigenvalue weighted by atomic mass is 32.2. The van der Waals surface area contributed by atoms with Gasteiger partial charge in [0, 0.05) is 25.4 Å². The van der Waals surface area contributed by atoms with E-state index in [0.29, 0.717) is 42.9 Å². The fraction of sp³-hybridized carbons (Fsp3) is 0.318. The summed E-state index contributed by atoms with van der Waals surface area (Å²) in [6.07, 6.45) is 2.38. The average molecular weight is 433 g/mol. The van der Waals surface area contributed by atoms with Crippen LogP contribution in [0.5, 0.6) is 0 Å². The summed E-state index contributed by atoms with van der Waals surface area (Å²) in [6, 6.07) is 12.7. The van der Waals surface area contributed by atoms with Crippen LogP contribution in [0.15, 0.2) is 61.2 Å². The van der Waals surface area contributed by atoms with E-state index in [4.69, 9.17) is 4.74 Å². The van der Waals surface area contributed by atoms with Crippen LogP contribution >= 0.6 is 0 Å². The van der Waals surface area contributed by atoms with Gasteiger partial charge in [-0.1, -0.05) is 30.3 Å². The maximum absolute atomic E-state index is 13.8. The molecular formula is C22H25FN2O4S. The van der Waals surface area contributed by atoms with E-state index in [-0.39, 0.29) is 24.0 Å². The number of sulfonamides is 1. The van der Waals surface area contributed by atoms with Crippen LogP contribution in [-0.2, 0) is 30.7 Å². The number of halogens is 1. The van der Waals surface area contributed by atoms with Crippen molar-refractivity contribution in [2.45, 2.75) is 24.0 Å². The van der Waals surface area contributed by atoms with Gasteiger partial charge in [-0.05, 0) is 48.2 Å². The van der Waals surface area contributed by atoms with Crippen molar-refractivity contribution in [2.24, 2.45) is 0 Å². The number of ether oxygens (including phenoxy) is 1. The highest BCUT2D eigenvalue weighted by Crippen LogP contribution is 2.36. The Kier molecular flexibility index (Phi) is 7.02. The van der Waals surface area contributed by atoms with Gasteiger partial charge in [-0.15, -0.1) is 6.58 Å². The molecule has 0 aromatic heterocycles. The largest absolute Gasteiger partial charge is 0.381 e. The van der Waals surface area contributed by atoms with E-state index in [1.807, 2.05) is 0 Å². The second kappa shape index (κ2) is 9.51. The normalized spacial score (nSPS) is 16.0. The molecule has 0 unspecified atom stereocenters. The zero-order valence-electron chi connectivity index (χ0n) is 16.6. The molecule has 3 rings (SSSR count). The monoisotopic (exact) mass is 432 g/mol. The first-order valence-electron chi connectivity index (χ1n) is 9.67. The van der Waals surface area contributed by atoms with Crippen LogP contribution < -0.4 is 10.0 Å². The van der Waals surface area contributed by atoms with Crippen LogP contribution in [0.3, 0.4) is 0 Å². The molecule has 1 saturated heterocycles. The lowest BCUT2D eigenvalue weighted by Crippen LogP contribution is -2.44. The van der Waals surface area contributed by atoms with Crippen LogP contribution in [-0.4, -0.2) is 34.1 Å². The number of carbonyl (C=O) groups excluding carboxylic acids is 1. The predicted molar refractivity (Wildman–Crippen MR) is 114 cm³/mol. The lowest BCUT2D eigenvalue weighted by atomic mass is 9.73. The van der Waals surface area contributed by atoms with Crippen molar-refractivity contribution in [3.63, 3.8) is 0 Å². The first-order chi connectivity index (χ1) is 14.3. The fourth-order valence-corrected chi connectivity index (χ4v) is 4.65. The Morgan fingerprint density at radius 1 is 1.17 bits per heavy atom. The lowest BCUT2D eigenvalue weighted by Gasteiger charge is -2.36. The van der Waals surface area contributed by atoms with Crippen LogP contribution in [0, 0.1) is 5.82 Å². The van der Waals surface area contributed by atoms with Crippen molar-refractivity contribution in [3.8, 4) is 0 Å². The molecule has 0 radical (unpaired) electrons. The SMILES string of the molecule is C=CCNS(=O)(=O)Cc1ccc(NC(=O)C2(c3cccc(F)c3)CCOCC2)cc1. The highest BCUT2D eigenvalue weighted by Gasteiger charge is 2.42. The summed E-state index contributed by atoms with van der Waals surface area (Å²) in [5, 5.41) is 2.90. The summed E-state index contributed by atoms with van der Waals surface area (Å²) < 4.78 is 45.6. The van der Waals surface area contributed by atoms with Gasteiger partial charge in [-0.2, -0.15) is 0 Å². The van der Waals surface area contributed by atoms with Crippen molar-refractivity contribution in [1.29, 1.82) is 0 Å². The zero-order chi connectivity index (χ0) is 21.6. The van der Waals surface area contributed by atoms with Crippen molar-refractivity contribution < 1.29 is 22.3 Å². The van der Waals surface area contributed by atoms with E-state index in [1.54, 1.807) is 36.4 Å². The number of benzene rings is 2. The molecule has 0 spiro atoms. The van der Waals surface area contributed by atoms with Gasteiger partial charge in [-0.3, -0.25) is 4.79 Å². The fourth-order valence-electron chi connectivity index (χ4n) is 3.54. The van der Waals surface area contributed by atoms with Crippen molar-refractivity contribution in [3.05, 3.63) is 78.1 Å². The topological polar surface area (TPSA) is 84.5 Å². The Balaban J connectivity index is 1.75. The van der Waals surface area contributed by atoms with E-state index in [9.17, 15) is 17.6 Å². The zero-order valence-corrected chi connectivity index (χ0v) is 17.4. The molecule has 1 amide bonds. The third-order valence-corrected chi connectivity index (χ3v) is 6.49. The minimum Gasteiger partial charge on any atom is -0.381 e. The standard InChI is InChI=1S/C22H25FN2O4S/c1-2-12-24-30(27,28)16-17-6-8-20(9-7-17)25-21(26)22(10-13-29-14-11-22)18-4-3-5-19(23)15-18/h2-9,15,24H,1,10-14,16H2,(H,25,26). The molecule has 2 aromatic rings. The Morgan fingerprint density at radius 3 is 2.50 bits per heavy atom. The van der Waals surface area contributed by atoms with Crippen LogP contribution in [0.25, 0.3) is 0 Å². The second-order valence-electron chi connectivity index (χ2n) is 7.25. The summed E-state index contributed by atoms with van der Waals surface area (Å²) in [5.41, 5.74) is 0.883. The molecule has 0 aliphatic carbocycles. The maximum atomic E-state index is 13.8. The van der Waals surface area contributed by atoms with E-state index >= 15 is 0 Å². The molecular weight excluding hydrogens is 407 g/mol. The van der Waals surface area contributed by atoms with Crippen molar-refractivity contribution >= 4 is 21.6 Å². The van der Waals surface area contributed by atoms with Crippen molar-refractivity contribution in [2.75, 3.05) is 25.1 Å². The molecule has 160 valence electrons. The smallest absolute Gasteiger partial charge is 0.235 e. The number of carbonyl (C=O) groups is 1. The van der Waals surface area contributed by atoms with E-state index in [2.05, 4.69) is 16.6 Å². The van der Waals surface area contributed by atoms with Crippen LogP contribution in [0.4, 0.5) is 10.1 Å². The summed E-state index contributed by atoms with van der Waals surface area (Å²) >= 11 is 0. The first kappa shape index (κ1) is 22.1. The third-order valence-electron chi connectivity index (χ3n) is 5.17. The van der Waals surface area contributed by atoms with Gasteiger partial charge < -0.3 is 10.1 Å². The molecule has 0 bridgehead atoms. The Labute approximate surface area is 176 Å². The molecule has 1 aliphatic rings. The van der Waals surface area contributed by atoms with Gasteiger partial charge in [-0.25, -0.2) is 17.5 Å². The molecule has 1 aliphatic heterocycles. The highest BCUT2D eigenvalue weighted by molar-refractivity contribution is 7.88. The van der Waals surface area contributed by atoms with E-state index in [0.717, 1.165) is 0 Å². The number of amides is 1. The van der Waals surface area contributed by atoms with Gasteiger partial charge in [0.25, 0.3) is 0 Å². The first-order valence-corrected chi connectivity index (χ1v) is 11.3. The molecule has 0 saturated carbocycles. The molecule has 8 heteroatoms. The predicted octanol–water partition coefficient (Wildman–Crippen LogP) is 3.12. The van der Waals surface area contributed by atoms with Crippen LogP contribution in [0.2, 0.25) is 0 Å². The van der Waals surface area contributed by atoms with Gasteiger partial charge in [0.1, 0.15) is 5.82 Å². The minimum absolute atomic E-state index is 0.167. The molecule has 2 aromatic carbocycles. The van der Waals surface area contributed by atoms with Gasteiger partial charge >= 0.3 is 0 Å². The molecule has 0 atom stereocenters. The molecule has 2 N–H and O–H groups in total. The average Bonchev–Trinajstić information content (AvgIpc) is 2.74. The van der Waals surface area contributed by atoms with Gasteiger partial charge in [0.05, 0.1) is 11.2 Å². The van der Waals surface area contributed by atoms with Crippen LogP contribution in [0.1, 0.15) is 24.0 Å². The third kappa shape index (κ3) is 5.33.